The van der Waals surface area contributed by atoms with E-state index in [1.807, 2.05) is 0 Å². The Morgan fingerprint density at radius 2 is 1.82 bits per heavy atom. The summed E-state index contributed by atoms with van der Waals surface area (Å²) < 4.78 is 0. The molecule has 7 nitrogen and oxygen atoms in total. The van der Waals surface area contributed by atoms with Gasteiger partial charge in [0.25, 0.3) is 0 Å². The van der Waals surface area contributed by atoms with Crippen molar-refractivity contribution in [1.82, 2.24) is 5.32 Å². The van der Waals surface area contributed by atoms with Crippen molar-refractivity contribution < 1.29 is 23.3 Å². The molecular formula is C12H11Cl2FeN5O2-. The molecule has 10 heteroatoms. The maximum absolute atomic E-state index is 11.7. The van der Waals surface area contributed by atoms with Gasteiger partial charge in [-0.2, -0.15) is 20.4 Å². The quantitative estimate of drug-likeness (QED) is 0.639. The molecule has 22 heavy (non-hydrogen) atoms. The first-order valence-electron chi connectivity index (χ1n) is 5.79. The van der Waals surface area contributed by atoms with Gasteiger partial charge in [0.05, 0.1) is 22.8 Å². The van der Waals surface area contributed by atoms with E-state index in [1.165, 1.54) is 12.2 Å². The van der Waals surface area contributed by atoms with Gasteiger partial charge in [-0.3, -0.25) is 0 Å². The summed E-state index contributed by atoms with van der Waals surface area (Å²) in [7, 11) is 9.53. The minimum absolute atomic E-state index is 0.166. The molecule has 0 unspecified atom stereocenters. The van der Waals surface area contributed by atoms with Crippen LogP contribution in [-0.2, 0) is 13.1 Å². The Hall–Kier alpha value is -1.60. The second kappa shape index (κ2) is 9.42. The number of hydrogen-bond acceptors (Lipinski definition) is 7. The average molecular weight is 384 g/mol. The first kappa shape index (κ1) is 18.4. The molecule has 2 bridgehead atoms. The third-order valence-electron chi connectivity index (χ3n) is 2.27. The van der Waals surface area contributed by atoms with E-state index in [1.54, 1.807) is 26.0 Å². The molecule has 0 aromatic rings. The third-order valence-corrected chi connectivity index (χ3v) is 2.27. The molecule has 0 saturated heterocycles. The summed E-state index contributed by atoms with van der Waals surface area (Å²) in [5, 5.41) is 40.8. The zero-order chi connectivity index (χ0) is 16.5. The maximum atomic E-state index is 11.7. The first-order chi connectivity index (χ1) is 10.5. The van der Waals surface area contributed by atoms with E-state index < -0.39 is 11.8 Å². The Labute approximate surface area is 142 Å². The van der Waals surface area contributed by atoms with Gasteiger partial charge in [0.2, 0.25) is 0 Å². The predicted octanol–water partition coefficient (Wildman–Crippen LogP) is 1.44. The van der Waals surface area contributed by atoms with Crippen molar-refractivity contribution in [2.24, 2.45) is 20.4 Å². The Balaban J connectivity index is 0.000000745. The van der Waals surface area contributed by atoms with Gasteiger partial charge in [-0.05, 0) is 32.1 Å². The monoisotopic (exact) mass is 383 g/mol. The van der Waals surface area contributed by atoms with Gasteiger partial charge in [-0.1, -0.05) is 6.08 Å². The fraction of sp³-hybridized carbons (Fsp3) is 0.167. The molecule has 0 radical (unpaired) electrons. The molecule has 2 rings (SSSR count). The van der Waals surface area contributed by atoms with E-state index in [4.69, 9.17) is 20.2 Å². The van der Waals surface area contributed by atoms with E-state index in [2.05, 4.69) is 25.7 Å². The van der Waals surface area contributed by atoms with Crippen LogP contribution in [0.1, 0.15) is 13.8 Å². The van der Waals surface area contributed by atoms with Crippen molar-refractivity contribution in [2.75, 3.05) is 0 Å². The van der Waals surface area contributed by atoms with Gasteiger partial charge in [-0.15, -0.1) is 0 Å². The van der Waals surface area contributed by atoms with Crippen LogP contribution < -0.4 is 15.5 Å². The van der Waals surface area contributed by atoms with Gasteiger partial charge in [0, 0.05) is 11.8 Å². The van der Waals surface area contributed by atoms with Crippen molar-refractivity contribution >= 4 is 31.8 Å². The van der Waals surface area contributed by atoms with Gasteiger partial charge in [0.15, 0.2) is 0 Å². The van der Waals surface area contributed by atoms with Crippen LogP contribution in [0.15, 0.2) is 67.7 Å². The average Bonchev–Trinajstić information content (AvgIpc) is 2.50. The van der Waals surface area contributed by atoms with Gasteiger partial charge in [-0.25, -0.2) is 0 Å². The van der Waals surface area contributed by atoms with E-state index in [9.17, 15) is 10.2 Å². The SMILES string of the molecule is CC1=CC(C)=NN=C([O-])C2=CC=CC(=C([O-])N=N1)N2.[Cl][Fe+][Cl]. The zero-order valence-electron chi connectivity index (χ0n) is 11.5. The van der Waals surface area contributed by atoms with Crippen LogP contribution in [0.2, 0.25) is 0 Å². The second-order valence-corrected chi connectivity index (χ2v) is 5.79. The summed E-state index contributed by atoms with van der Waals surface area (Å²) in [6.07, 6.45) is 6.16. The fourth-order valence-electron chi connectivity index (χ4n) is 1.43. The van der Waals surface area contributed by atoms with Crippen molar-refractivity contribution in [3.05, 3.63) is 47.3 Å². The minimum atomic E-state index is -0.558. The number of halogens is 2. The summed E-state index contributed by atoms with van der Waals surface area (Å²) in [6.45, 7) is 3.34. The molecule has 1 N–H and O–H groups in total. The Bertz CT molecular complexity index is 635. The zero-order valence-corrected chi connectivity index (χ0v) is 14.1. The van der Waals surface area contributed by atoms with Crippen molar-refractivity contribution in [3.8, 4) is 0 Å². The van der Waals surface area contributed by atoms with Crippen LogP contribution >= 0.6 is 20.2 Å². The molecule has 0 spiro atoms. The standard InChI is InChI=1S/C12H13N5O2.2ClH.Fe/c1-7-6-8(2)15-17-12(19)10-5-3-4-9(13-10)11(18)16-14-7;;;/h3-6,13H,1-2H3,(H,16,18)(H,17,19);2*1H;/q;;;+3/p-4. The molecule has 119 valence electrons. The van der Waals surface area contributed by atoms with Crippen LogP contribution in [0, 0.1) is 0 Å². The Morgan fingerprint density at radius 1 is 1.14 bits per heavy atom. The number of allylic oxidation sites excluding steroid dienone is 5. The van der Waals surface area contributed by atoms with E-state index >= 15 is 0 Å². The second-order valence-electron chi connectivity index (χ2n) is 3.97. The molecule has 2 aliphatic heterocycles. The van der Waals surface area contributed by atoms with Crippen molar-refractivity contribution in [2.45, 2.75) is 13.8 Å². The molecule has 0 fully saturated rings. The normalized spacial score (nSPS) is 17.6. The summed E-state index contributed by atoms with van der Waals surface area (Å²) in [6, 6.07) is 0. The molecule has 0 saturated carbocycles. The van der Waals surface area contributed by atoms with Crippen LogP contribution in [0.4, 0.5) is 0 Å². The number of nitrogens with zero attached hydrogens (tertiary/aromatic N) is 4. The predicted molar refractivity (Wildman–Crippen MR) is 78.2 cm³/mol. The summed E-state index contributed by atoms with van der Waals surface area (Å²) >= 11 is 0.194. The van der Waals surface area contributed by atoms with Crippen molar-refractivity contribution in [1.29, 1.82) is 0 Å². The van der Waals surface area contributed by atoms with E-state index in [0.29, 0.717) is 11.4 Å². The molecule has 0 aromatic heterocycles. The number of dihydropyridines is 1. The topological polar surface area (TPSA) is 108 Å². The van der Waals surface area contributed by atoms with E-state index in [0.717, 1.165) is 0 Å². The number of rotatable bonds is 0. The Morgan fingerprint density at radius 3 is 2.50 bits per heavy atom. The fourth-order valence-corrected chi connectivity index (χ4v) is 1.43. The third kappa shape index (κ3) is 6.03. The van der Waals surface area contributed by atoms with Gasteiger partial charge < -0.3 is 15.5 Å². The van der Waals surface area contributed by atoms with Gasteiger partial charge >= 0.3 is 33.3 Å². The number of fused-ring (bicyclic) bond motifs is 2. The van der Waals surface area contributed by atoms with Crippen LogP contribution in [-0.4, -0.2) is 11.6 Å². The van der Waals surface area contributed by atoms with Crippen LogP contribution in [0.5, 0.6) is 0 Å². The summed E-state index contributed by atoms with van der Waals surface area (Å²) in [5.41, 5.74) is 1.32. The number of azo groups is 1. The molecule has 0 atom stereocenters. The summed E-state index contributed by atoms with van der Waals surface area (Å²) in [4.78, 5) is 0. The van der Waals surface area contributed by atoms with Gasteiger partial charge in [0.1, 0.15) is 0 Å². The van der Waals surface area contributed by atoms with Crippen LogP contribution in [0.25, 0.3) is 0 Å². The molecule has 0 amide bonds. The number of hydrogen-bond donors (Lipinski definition) is 1. The van der Waals surface area contributed by atoms with Crippen molar-refractivity contribution in [3.63, 3.8) is 0 Å². The van der Waals surface area contributed by atoms with Crippen LogP contribution in [0.3, 0.4) is 0 Å². The van der Waals surface area contributed by atoms with E-state index in [-0.39, 0.29) is 24.5 Å². The molecule has 2 heterocycles. The molecule has 0 aliphatic carbocycles. The summed E-state index contributed by atoms with van der Waals surface area (Å²) in [5.74, 6) is -1.12. The first-order valence-corrected chi connectivity index (χ1v) is 8.83. The Kier molecular flexibility index (Phi) is 7.90. The molecule has 0 aromatic carbocycles. The number of nitrogens with one attached hydrogen (secondary N) is 1. The molecule has 2 aliphatic rings. The molecular weight excluding hydrogens is 373 g/mol.